The maximum Gasteiger partial charge on any atom is 0.338 e. The van der Waals surface area contributed by atoms with E-state index in [9.17, 15) is 14.7 Å². The zero-order valence-electron chi connectivity index (χ0n) is 24.3. The fraction of sp³-hybridized carbons (Fsp3) is 0.406. The molecule has 0 saturated carbocycles. The first-order valence-corrected chi connectivity index (χ1v) is 14.1. The van der Waals surface area contributed by atoms with Gasteiger partial charge in [-0.25, -0.2) is 9.79 Å². The average molecular weight is 547 g/mol. The molecule has 0 aliphatic carbocycles. The lowest BCUT2D eigenvalue weighted by Crippen LogP contribution is -2.39. The number of nitrogens with zero attached hydrogens (tertiary/aromatic N) is 2. The SMILES string of the molecule is CCOC(=O)C1=C(C)N=c2s/c(=C/c3cc(C(C)(C)C)c(O)c(C(C)(C)C)c3)c(=O)n2[C@H]1c1ccc(C)cc1. The fourth-order valence-corrected chi connectivity index (χ4v) is 5.94. The van der Waals surface area contributed by atoms with Crippen LogP contribution in [-0.4, -0.2) is 22.2 Å². The van der Waals surface area contributed by atoms with Crippen molar-refractivity contribution in [3.8, 4) is 5.75 Å². The maximum absolute atomic E-state index is 14.0. The van der Waals surface area contributed by atoms with Crippen LogP contribution in [0.25, 0.3) is 6.08 Å². The van der Waals surface area contributed by atoms with Gasteiger partial charge < -0.3 is 9.84 Å². The number of ether oxygens (including phenoxy) is 1. The second-order valence-corrected chi connectivity index (χ2v) is 13.2. The van der Waals surface area contributed by atoms with Gasteiger partial charge in [0.15, 0.2) is 4.80 Å². The molecule has 0 unspecified atom stereocenters. The summed E-state index contributed by atoms with van der Waals surface area (Å²) in [5, 5.41) is 11.1. The standard InChI is InChI=1S/C32H38N2O4S/c1-10-38-29(37)25-19(3)33-30-34(26(25)21-13-11-18(2)12-14-21)28(36)24(39-30)17-20-15-22(31(4,5)6)27(35)23(16-20)32(7,8)9/h11-17,26,35H,10H2,1-9H3/b24-17+/t26-/m0/s1. The number of carbonyl (C=O) groups is 1. The van der Waals surface area contributed by atoms with Crippen LogP contribution in [-0.2, 0) is 20.4 Å². The number of fused-ring (bicyclic) bond motifs is 1. The van der Waals surface area contributed by atoms with Crippen molar-refractivity contribution in [1.29, 1.82) is 0 Å². The first-order valence-electron chi connectivity index (χ1n) is 13.3. The number of aryl methyl sites for hydroxylation is 1. The summed E-state index contributed by atoms with van der Waals surface area (Å²) in [5.74, 6) is -0.176. The minimum absolute atomic E-state index is 0.221. The van der Waals surface area contributed by atoms with Crippen molar-refractivity contribution in [2.45, 2.75) is 79.2 Å². The molecule has 7 heteroatoms. The number of phenols is 1. The van der Waals surface area contributed by atoms with Crippen molar-refractivity contribution < 1.29 is 14.6 Å². The van der Waals surface area contributed by atoms with Crippen molar-refractivity contribution in [3.63, 3.8) is 0 Å². The summed E-state index contributed by atoms with van der Waals surface area (Å²) in [6.07, 6.45) is 1.86. The lowest BCUT2D eigenvalue weighted by Gasteiger charge is -2.27. The Morgan fingerprint density at radius 3 is 2.13 bits per heavy atom. The Hall–Kier alpha value is -3.45. The van der Waals surface area contributed by atoms with E-state index < -0.39 is 12.0 Å². The van der Waals surface area contributed by atoms with Crippen molar-refractivity contribution in [3.05, 3.63) is 95.2 Å². The van der Waals surface area contributed by atoms with Crippen LogP contribution in [0.1, 0.15) is 89.2 Å². The molecule has 1 N–H and O–H groups in total. The van der Waals surface area contributed by atoms with E-state index in [-0.39, 0.29) is 23.0 Å². The van der Waals surface area contributed by atoms with E-state index >= 15 is 0 Å². The van der Waals surface area contributed by atoms with Gasteiger partial charge in [0.05, 0.1) is 28.5 Å². The summed E-state index contributed by atoms with van der Waals surface area (Å²) in [6.45, 7) is 18.2. The Bertz CT molecular complexity index is 1610. The van der Waals surface area contributed by atoms with Crippen molar-refractivity contribution >= 4 is 23.4 Å². The van der Waals surface area contributed by atoms with Gasteiger partial charge >= 0.3 is 5.97 Å². The smallest absolute Gasteiger partial charge is 0.338 e. The maximum atomic E-state index is 14.0. The highest BCUT2D eigenvalue weighted by molar-refractivity contribution is 7.07. The highest BCUT2D eigenvalue weighted by Gasteiger charge is 2.33. The topological polar surface area (TPSA) is 80.9 Å². The van der Waals surface area contributed by atoms with Crippen LogP contribution < -0.4 is 14.9 Å². The van der Waals surface area contributed by atoms with E-state index in [1.54, 1.807) is 18.4 Å². The minimum Gasteiger partial charge on any atom is -0.507 e. The molecule has 1 aromatic heterocycles. The Balaban J connectivity index is 1.99. The van der Waals surface area contributed by atoms with Crippen LogP contribution >= 0.6 is 11.3 Å². The molecule has 206 valence electrons. The molecule has 1 aliphatic rings. The summed E-state index contributed by atoms with van der Waals surface area (Å²) in [6, 6.07) is 11.1. The molecular formula is C32H38N2O4S. The van der Waals surface area contributed by atoms with Crippen LogP contribution in [0.3, 0.4) is 0 Å². The van der Waals surface area contributed by atoms with Gasteiger partial charge in [-0.3, -0.25) is 9.36 Å². The summed E-state index contributed by atoms with van der Waals surface area (Å²) < 4.78 is 7.50. The first kappa shape index (κ1) is 28.6. The number of aromatic hydroxyl groups is 1. The Morgan fingerprint density at radius 1 is 1.05 bits per heavy atom. The van der Waals surface area contributed by atoms with E-state index in [0.29, 0.717) is 26.4 Å². The summed E-state index contributed by atoms with van der Waals surface area (Å²) in [4.78, 5) is 32.3. The quantitative estimate of drug-likeness (QED) is 0.444. The van der Waals surface area contributed by atoms with Crippen LogP contribution in [0.4, 0.5) is 0 Å². The van der Waals surface area contributed by atoms with E-state index in [2.05, 4.69) is 46.5 Å². The Labute approximate surface area is 234 Å². The molecule has 0 amide bonds. The van der Waals surface area contributed by atoms with Gasteiger partial charge in [0.2, 0.25) is 0 Å². The van der Waals surface area contributed by atoms with Crippen LogP contribution in [0.5, 0.6) is 5.75 Å². The number of benzene rings is 2. The molecule has 0 spiro atoms. The van der Waals surface area contributed by atoms with Crippen molar-refractivity contribution in [2.24, 2.45) is 4.99 Å². The van der Waals surface area contributed by atoms with Gasteiger partial charge in [-0.1, -0.05) is 82.7 Å². The molecule has 4 rings (SSSR count). The van der Waals surface area contributed by atoms with E-state index in [0.717, 1.165) is 27.8 Å². The summed E-state index contributed by atoms with van der Waals surface area (Å²) in [5.41, 5.74) is 4.50. The van der Waals surface area contributed by atoms with Gasteiger partial charge in [0, 0.05) is 11.1 Å². The molecule has 0 fully saturated rings. The third-order valence-electron chi connectivity index (χ3n) is 6.96. The third kappa shape index (κ3) is 5.50. The summed E-state index contributed by atoms with van der Waals surface area (Å²) >= 11 is 1.30. The molecular weight excluding hydrogens is 508 g/mol. The minimum atomic E-state index is -0.641. The molecule has 1 atom stereocenters. The number of allylic oxidation sites excluding steroid dienone is 1. The second kappa shape index (κ2) is 10.3. The molecule has 3 aromatic rings. The molecule has 0 saturated heterocycles. The predicted molar refractivity (Wildman–Crippen MR) is 157 cm³/mol. The average Bonchev–Trinajstić information content (AvgIpc) is 3.12. The number of phenolic OH excluding ortho intramolecular Hbond substituents is 1. The number of carbonyl (C=O) groups excluding carboxylic acids is 1. The third-order valence-corrected chi connectivity index (χ3v) is 7.94. The highest BCUT2D eigenvalue weighted by Crippen LogP contribution is 2.40. The molecule has 39 heavy (non-hydrogen) atoms. The Morgan fingerprint density at radius 2 is 1.62 bits per heavy atom. The Kier molecular flexibility index (Phi) is 7.52. The van der Waals surface area contributed by atoms with Gasteiger partial charge in [0.1, 0.15) is 5.75 Å². The molecule has 2 heterocycles. The predicted octanol–water partition coefficient (Wildman–Crippen LogP) is 5.41. The largest absolute Gasteiger partial charge is 0.507 e. The van der Waals surface area contributed by atoms with E-state index in [4.69, 9.17) is 4.74 Å². The normalized spacial score (nSPS) is 16.2. The number of thiazole rings is 1. The molecule has 6 nitrogen and oxygen atoms in total. The number of hydrogen-bond donors (Lipinski definition) is 1. The number of aromatic nitrogens is 1. The molecule has 0 radical (unpaired) electrons. The molecule has 0 bridgehead atoms. The summed E-state index contributed by atoms with van der Waals surface area (Å²) in [7, 11) is 0. The molecule has 1 aliphatic heterocycles. The van der Waals surface area contributed by atoms with Crippen molar-refractivity contribution in [1.82, 2.24) is 4.57 Å². The second-order valence-electron chi connectivity index (χ2n) is 12.2. The van der Waals surface area contributed by atoms with Gasteiger partial charge in [0.25, 0.3) is 5.56 Å². The zero-order valence-corrected chi connectivity index (χ0v) is 25.1. The first-order chi connectivity index (χ1) is 18.1. The van der Waals surface area contributed by atoms with Crippen molar-refractivity contribution in [2.75, 3.05) is 6.61 Å². The van der Waals surface area contributed by atoms with Crippen LogP contribution in [0.15, 0.2) is 57.5 Å². The van der Waals surface area contributed by atoms with Gasteiger partial charge in [-0.2, -0.15) is 0 Å². The zero-order chi connectivity index (χ0) is 28.9. The van der Waals surface area contributed by atoms with Crippen LogP contribution in [0, 0.1) is 6.92 Å². The lowest BCUT2D eigenvalue weighted by atomic mass is 9.78. The van der Waals surface area contributed by atoms with Gasteiger partial charge in [-0.15, -0.1) is 0 Å². The molecule has 2 aromatic carbocycles. The van der Waals surface area contributed by atoms with Gasteiger partial charge in [-0.05, 0) is 60.9 Å². The number of hydrogen-bond acceptors (Lipinski definition) is 6. The monoisotopic (exact) mass is 546 g/mol. The number of rotatable bonds is 4. The van der Waals surface area contributed by atoms with E-state index in [1.165, 1.54) is 11.3 Å². The fourth-order valence-electron chi connectivity index (χ4n) is 4.89. The van der Waals surface area contributed by atoms with E-state index in [1.807, 2.05) is 49.4 Å². The number of esters is 1. The lowest BCUT2D eigenvalue weighted by molar-refractivity contribution is -0.139. The highest BCUT2D eigenvalue weighted by atomic mass is 32.1. The van der Waals surface area contributed by atoms with Crippen LogP contribution in [0.2, 0.25) is 0 Å².